The highest BCUT2D eigenvalue weighted by atomic mass is 16.2. The van der Waals surface area contributed by atoms with Crippen LogP contribution in [0.5, 0.6) is 0 Å². The van der Waals surface area contributed by atoms with Gasteiger partial charge in [-0.1, -0.05) is 60.7 Å². The van der Waals surface area contributed by atoms with Crippen LogP contribution < -0.4 is 4.90 Å². The second-order valence-corrected chi connectivity index (χ2v) is 8.74. The van der Waals surface area contributed by atoms with Gasteiger partial charge in [0.1, 0.15) is 0 Å². The van der Waals surface area contributed by atoms with Crippen LogP contribution in [0.3, 0.4) is 0 Å². The van der Waals surface area contributed by atoms with Gasteiger partial charge in [0.05, 0.1) is 11.4 Å². The zero-order chi connectivity index (χ0) is 21.0. The average Bonchev–Trinajstić information content (AvgIpc) is 2.98. The highest BCUT2D eigenvalue weighted by molar-refractivity contribution is 6.02. The molecule has 0 aliphatic carbocycles. The Morgan fingerprint density at radius 1 is 0.677 bits per heavy atom. The molecule has 0 radical (unpaired) electrons. The van der Waals surface area contributed by atoms with E-state index < -0.39 is 0 Å². The van der Waals surface area contributed by atoms with Crippen molar-refractivity contribution < 1.29 is 4.79 Å². The number of unbranched alkanes of at least 4 members (excludes halogenated alkanes) is 1. The van der Waals surface area contributed by atoms with Crippen molar-refractivity contribution in [2.24, 2.45) is 0 Å². The second kappa shape index (κ2) is 9.07. The van der Waals surface area contributed by atoms with Crippen LogP contribution in [0.25, 0.3) is 0 Å². The quantitative estimate of drug-likeness (QED) is 0.505. The van der Waals surface area contributed by atoms with E-state index in [0.717, 1.165) is 63.1 Å². The van der Waals surface area contributed by atoms with Crippen molar-refractivity contribution in [3.8, 4) is 0 Å². The minimum atomic E-state index is 0.214. The lowest BCUT2D eigenvalue weighted by molar-refractivity contribution is -0.118. The maximum Gasteiger partial charge on any atom is 0.231 e. The van der Waals surface area contributed by atoms with Crippen LogP contribution in [-0.2, 0) is 30.6 Å². The van der Waals surface area contributed by atoms with Crippen molar-refractivity contribution in [1.29, 1.82) is 0 Å². The van der Waals surface area contributed by atoms with E-state index in [4.69, 9.17) is 0 Å². The molecule has 0 spiro atoms. The van der Waals surface area contributed by atoms with Gasteiger partial charge in [0.2, 0.25) is 5.91 Å². The van der Waals surface area contributed by atoms with E-state index in [0.29, 0.717) is 6.42 Å². The molecule has 0 N–H and O–H groups in total. The zero-order valence-electron chi connectivity index (χ0n) is 18.1. The monoisotopic (exact) mass is 410 g/mol. The van der Waals surface area contributed by atoms with E-state index in [2.05, 4.69) is 65.6 Å². The molecular weight excluding hydrogens is 380 g/mol. The van der Waals surface area contributed by atoms with E-state index in [-0.39, 0.29) is 5.91 Å². The Hall–Kier alpha value is -2.91. The van der Waals surface area contributed by atoms with Crippen LogP contribution in [0.1, 0.15) is 41.5 Å². The van der Waals surface area contributed by atoms with Crippen LogP contribution in [0, 0.1) is 0 Å². The SMILES string of the molecule is O=C(CCCCN1CCc2ccccc2C1)N1c2ccccc2CCc2ccccc21. The minimum absolute atomic E-state index is 0.214. The molecule has 0 saturated carbocycles. The molecule has 0 aromatic heterocycles. The number of fused-ring (bicyclic) bond motifs is 3. The lowest BCUT2D eigenvalue weighted by Crippen LogP contribution is -2.31. The summed E-state index contributed by atoms with van der Waals surface area (Å²) in [5, 5.41) is 0. The number of para-hydroxylation sites is 2. The molecule has 2 aliphatic heterocycles. The number of hydrogen-bond donors (Lipinski definition) is 0. The average molecular weight is 411 g/mol. The van der Waals surface area contributed by atoms with Crippen molar-refractivity contribution >= 4 is 17.3 Å². The largest absolute Gasteiger partial charge is 0.299 e. The highest BCUT2D eigenvalue weighted by Gasteiger charge is 2.25. The highest BCUT2D eigenvalue weighted by Crippen LogP contribution is 2.36. The summed E-state index contributed by atoms with van der Waals surface area (Å²) in [4.78, 5) is 17.9. The molecule has 0 saturated heterocycles. The first kappa shape index (κ1) is 20.0. The summed E-state index contributed by atoms with van der Waals surface area (Å²) >= 11 is 0. The molecule has 2 heterocycles. The molecule has 0 atom stereocenters. The van der Waals surface area contributed by atoms with Gasteiger partial charge in [-0.15, -0.1) is 0 Å². The molecule has 5 rings (SSSR count). The fourth-order valence-electron chi connectivity index (χ4n) is 5.02. The normalized spacial score (nSPS) is 15.5. The Labute approximate surface area is 185 Å². The summed E-state index contributed by atoms with van der Waals surface area (Å²) in [5.41, 5.74) is 7.60. The molecule has 0 fully saturated rings. The van der Waals surface area contributed by atoms with Gasteiger partial charge in [0, 0.05) is 19.5 Å². The topological polar surface area (TPSA) is 23.6 Å². The van der Waals surface area contributed by atoms with E-state index in [9.17, 15) is 4.79 Å². The molecule has 3 aromatic carbocycles. The zero-order valence-corrected chi connectivity index (χ0v) is 18.1. The van der Waals surface area contributed by atoms with Gasteiger partial charge in [-0.05, 0) is 73.0 Å². The molecule has 3 nitrogen and oxygen atoms in total. The lowest BCUT2D eigenvalue weighted by atomic mass is 10.00. The van der Waals surface area contributed by atoms with E-state index in [1.807, 2.05) is 17.0 Å². The smallest absolute Gasteiger partial charge is 0.231 e. The molecule has 3 heteroatoms. The lowest BCUT2D eigenvalue weighted by Gasteiger charge is -2.29. The number of carbonyl (C=O) groups is 1. The number of rotatable bonds is 5. The van der Waals surface area contributed by atoms with Gasteiger partial charge in [0.25, 0.3) is 0 Å². The Morgan fingerprint density at radius 3 is 1.94 bits per heavy atom. The summed E-state index contributed by atoms with van der Waals surface area (Å²) in [7, 11) is 0. The first-order valence-electron chi connectivity index (χ1n) is 11.6. The fourth-order valence-corrected chi connectivity index (χ4v) is 5.02. The van der Waals surface area contributed by atoms with Gasteiger partial charge < -0.3 is 0 Å². The maximum atomic E-state index is 13.4. The summed E-state index contributed by atoms with van der Waals surface area (Å²) in [6.07, 6.45) is 5.67. The van der Waals surface area contributed by atoms with Crippen LogP contribution >= 0.6 is 0 Å². The number of hydrogen-bond acceptors (Lipinski definition) is 2. The number of benzene rings is 3. The molecule has 0 unspecified atom stereocenters. The molecule has 158 valence electrons. The number of nitrogens with zero attached hydrogens (tertiary/aromatic N) is 2. The van der Waals surface area contributed by atoms with Crippen LogP contribution in [0.2, 0.25) is 0 Å². The third-order valence-electron chi connectivity index (χ3n) is 6.70. The molecule has 3 aromatic rings. The van der Waals surface area contributed by atoms with Crippen LogP contribution in [0.15, 0.2) is 72.8 Å². The van der Waals surface area contributed by atoms with Gasteiger partial charge in [-0.25, -0.2) is 0 Å². The number of anilines is 2. The first-order valence-corrected chi connectivity index (χ1v) is 11.6. The minimum Gasteiger partial charge on any atom is -0.299 e. The second-order valence-electron chi connectivity index (χ2n) is 8.74. The fraction of sp³-hybridized carbons (Fsp3) is 0.321. The third kappa shape index (κ3) is 4.28. The van der Waals surface area contributed by atoms with Gasteiger partial charge in [-0.3, -0.25) is 14.6 Å². The third-order valence-corrected chi connectivity index (χ3v) is 6.70. The van der Waals surface area contributed by atoms with E-state index in [1.165, 1.54) is 22.3 Å². The van der Waals surface area contributed by atoms with Crippen LogP contribution in [-0.4, -0.2) is 23.9 Å². The predicted molar refractivity (Wildman–Crippen MR) is 127 cm³/mol. The Kier molecular flexibility index (Phi) is 5.86. The first-order chi connectivity index (χ1) is 15.3. The van der Waals surface area contributed by atoms with Crippen molar-refractivity contribution in [1.82, 2.24) is 4.90 Å². The molecule has 31 heavy (non-hydrogen) atoms. The summed E-state index contributed by atoms with van der Waals surface area (Å²) < 4.78 is 0. The van der Waals surface area contributed by atoms with Crippen molar-refractivity contribution in [3.63, 3.8) is 0 Å². The van der Waals surface area contributed by atoms with Gasteiger partial charge >= 0.3 is 0 Å². The van der Waals surface area contributed by atoms with Gasteiger partial charge in [0.15, 0.2) is 0 Å². The molecule has 1 amide bonds. The van der Waals surface area contributed by atoms with Crippen LogP contribution in [0.4, 0.5) is 11.4 Å². The summed E-state index contributed by atoms with van der Waals surface area (Å²) in [6, 6.07) is 25.5. The summed E-state index contributed by atoms with van der Waals surface area (Å²) in [5.74, 6) is 0.214. The van der Waals surface area contributed by atoms with Crippen molar-refractivity contribution in [3.05, 3.63) is 95.1 Å². The van der Waals surface area contributed by atoms with Crippen molar-refractivity contribution in [2.45, 2.75) is 45.1 Å². The summed E-state index contributed by atoms with van der Waals surface area (Å²) in [6.45, 7) is 3.23. The van der Waals surface area contributed by atoms with E-state index >= 15 is 0 Å². The Bertz CT molecular complexity index is 1030. The molecular formula is C28H30N2O. The molecule has 0 bridgehead atoms. The predicted octanol–water partition coefficient (Wildman–Crippen LogP) is 5.68. The maximum absolute atomic E-state index is 13.4. The van der Waals surface area contributed by atoms with Gasteiger partial charge in [-0.2, -0.15) is 0 Å². The molecule has 2 aliphatic rings. The Balaban J connectivity index is 1.23. The Morgan fingerprint density at radius 2 is 1.26 bits per heavy atom. The number of carbonyl (C=O) groups excluding carboxylic acids is 1. The van der Waals surface area contributed by atoms with Crippen molar-refractivity contribution in [2.75, 3.05) is 18.0 Å². The number of amides is 1. The number of aryl methyl sites for hydroxylation is 2. The van der Waals surface area contributed by atoms with E-state index in [1.54, 1.807) is 0 Å². The standard InChI is InChI=1S/C28H30N2O/c31-28(15-7-8-19-29-20-18-22-9-1-2-12-25(22)21-29)30-26-13-5-3-10-23(26)16-17-24-11-4-6-14-27(24)30/h1-6,9-14H,7-8,15-21H2.